The lowest BCUT2D eigenvalue weighted by atomic mass is 10.0. The minimum absolute atomic E-state index is 0.185. The number of phenols is 1. The Morgan fingerprint density at radius 3 is 2.93 bits per heavy atom. The third-order valence-electron chi connectivity index (χ3n) is 2.65. The predicted molar refractivity (Wildman–Crippen MR) is 58.3 cm³/mol. The lowest BCUT2D eigenvalue weighted by molar-refractivity contribution is 0.370. The van der Waals surface area contributed by atoms with Crippen molar-refractivity contribution in [1.29, 1.82) is 0 Å². The molecule has 0 spiro atoms. The highest BCUT2D eigenvalue weighted by atomic mass is 16.5. The van der Waals surface area contributed by atoms with E-state index in [9.17, 15) is 5.11 Å². The van der Waals surface area contributed by atoms with E-state index >= 15 is 0 Å². The van der Waals surface area contributed by atoms with Crippen molar-refractivity contribution < 1.29 is 9.84 Å². The second kappa shape index (κ2) is 4.51. The normalized spacial score (nSPS) is 21.3. The SMILES string of the molecule is COc1cc([C@@H]2CNCCN2)ccc1O. The molecule has 1 aromatic carbocycles. The van der Waals surface area contributed by atoms with E-state index in [1.54, 1.807) is 13.2 Å². The predicted octanol–water partition coefficient (Wildman–Crippen LogP) is 0.635. The van der Waals surface area contributed by atoms with Gasteiger partial charge in [0.2, 0.25) is 0 Å². The third-order valence-corrected chi connectivity index (χ3v) is 2.65. The van der Waals surface area contributed by atoms with Gasteiger partial charge in [-0.15, -0.1) is 0 Å². The van der Waals surface area contributed by atoms with Crippen LogP contribution in [0.4, 0.5) is 0 Å². The Labute approximate surface area is 89.3 Å². The number of phenolic OH excluding ortho intramolecular Hbond substituents is 1. The molecule has 1 heterocycles. The summed E-state index contributed by atoms with van der Waals surface area (Å²) in [5.74, 6) is 0.713. The molecule has 82 valence electrons. The van der Waals surface area contributed by atoms with Gasteiger partial charge >= 0.3 is 0 Å². The second-order valence-electron chi connectivity index (χ2n) is 3.64. The average molecular weight is 208 g/mol. The molecular formula is C11H16N2O2. The fraction of sp³-hybridized carbons (Fsp3) is 0.455. The summed E-state index contributed by atoms with van der Waals surface area (Å²) in [7, 11) is 1.56. The summed E-state index contributed by atoms with van der Waals surface area (Å²) >= 11 is 0. The van der Waals surface area contributed by atoms with E-state index in [2.05, 4.69) is 10.6 Å². The third kappa shape index (κ3) is 2.22. The van der Waals surface area contributed by atoms with Gasteiger partial charge in [-0.2, -0.15) is 0 Å². The first-order valence-electron chi connectivity index (χ1n) is 5.12. The minimum Gasteiger partial charge on any atom is -0.504 e. The molecule has 1 aliphatic heterocycles. The van der Waals surface area contributed by atoms with E-state index in [1.165, 1.54) is 0 Å². The quantitative estimate of drug-likeness (QED) is 0.667. The maximum atomic E-state index is 9.47. The lowest BCUT2D eigenvalue weighted by Crippen LogP contribution is -2.42. The number of rotatable bonds is 2. The highest BCUT2D eigenvalue weighted by Crippen LogP contribution is 2.28. The molecule has 1 aliphatic rings. The molecule has 15 heavy (non-hydrogen) atoms. The standard InChI is InChI=1S/C11H16N2O2/c1-15-11-6-8(2-3-10(11)14)9-7-12-4-5-13-9/h2-3,6,9,12-14H,4-5,7H2,1H3/t9-/m0/s1. The van der Waals surface area contributed by atoms with Crippen molar-refractivity contribution in [2.45, 2.75) is 6.04 Å². The van der Waals surface area contributed by atoms with E-state index in [-0.39, 0.29) is 5.75 Å². The molecule has 1 fully saturated rings. The number of aromatic hydroxyl groups is 1. The molecule has 1 saturated heterocycles. The molecule has 0 radical (unpaired) electrons. The van der Waals surface area contributed by atoms with Crippen LogP contribution in [0, 0.1) is 0 Å². The molecule has 0 amide bonds. The Balaban J connectivity index is 2.20. The summed E-state index contributed by atoms with van der Waals surface area (Å²) in [6.45, 7) is 2.88. The van der Waals surface area contributed by atoms with Gasteiger partial charge in [-0.25, -0.2) is 0 Å². The Kier molecular flexibility index (Phi) is 3.08. The van der Waals surface area contributed by atoms with Crippen molar-refractivity contribution in [2.75, 3.05) is 26.7 Å². The summed E-state index contributed by atoms with van der Waals surface area (Å²) in [6, 6.07) is 5.76. The first kappa shape index (κ1) is 10.3. The van der Waals surface area contributed by atoms with Crippen LogP contribution in [-0.2, 0) is 0 Å². The minimum atomic E-state index is 0.185. The Morgan fingerprint density at radius 1 is 1.40 bits per heavy atom. The molecule has 4 nitrogen and oxygen atoms in total. The number of methoxy groups -OCH3 is 1. The molecule has 0 unspecified atom stereocenters. The van der Waals surface area contributed by atoms with E-state index in [1.807, 2.05) is 12.1 Å². The van der Waals surface area contributed by atoms with Crippen molar-refractivity contribution in [2.24, 2.45) is 0 Å². The van der Waals surface area contributed by atoms with Crippen LogP contribution < -0.4 is 15.4 Å². The van der Waals surface area contributed by atoms with Crippen molar-refractivity contribution in [3.05, 3.63) is 23.8 Å². The van der Waals surface area contributed by atoms with Crippen LogP contribution in [0.2, 0.25) is 0 Å². The van der Waals surface area contributed by atoms with Gasteiger partial charge in [0.15, 0.2) is 11.5 Å². The average Bonchev–Trinajstić information content (AvgIpc) is 2.31. The monoisotopic (exact) mass is 208 g/mol. The number of hydrogen-bond donors (Lipinski definition) is 3. The number of benzene rings is 1. The smallest absolute Gasteiger partial charge is 0.160 e. The molecular weight excluding hydrogens is 192 g/mol. The van der Waals surface area contributed by atoms with Crippen LogP contribution in [0.1, 0.15) is 11.6 Å². The van der Waals surface area contributed by atoms with Crippen LogP contribution in [0.25, 0.3) is 0 Å². The highest BCUT2D eigenvalue weighted by Gasteiger charge is 2.15. The molecule has 1 atom stereocenters. The molecule has 0 bridgehead atoms. The second-order valence-corrected chi connectivity index (χ2v) is 3.64. The lowest BCUT2D eigenvalue weighted by Gasteiger charge is -2.25. The highest BCUT2D eigenvalue weighted by molar-refractivity contribution is 5.42. The summed E-state index contributed by atoms with van der Waals surface area (Å²) < 4.78 is 5.08. The fourth-order valence-corrected chi connectivity index (χ4v) is 1.80. The van der Waals surface area contributed by atoms with Gasteiger partial charge in [-0.3, -0.25) is 0 Å². The topological polar surface area (TPSA) is 53.5 Å². The Bertz CT molecular complexity index is 335. The van der Waals surface area contributed by atoms with Gasteiger partial charge in [0.1, 0.15) is 0 Å². The molecule has 0 aromatic heterocycles. The first-order chi connectivity index (χ1) is 7.31. The van der Waals surface area contributed by atoms with Gasteiger partial charge < -0.3 is 20.5 Å². The number of ether oxygens (including phenoxy) is 1. The largest absolute Gasteiger partial charge is 0.504 e. The van der Waals surface area contributed by atoms with Crippen molar-refractivity contribution in [3.8, 4) is 11.5 Å². The summed E-state index contributed by atoms with van der Waals surface area (Å²) in [5.41, 5.74) is 1.14. The number of nitrogens with one attached hydrogen (secondary N) is 2. The van der Waals surface area contributed by atoms with Crippen LogP contribution in [-0.4, -0.2) is 31.9 Å². The van der Waals surface area contributed by atoms with E-state index in [4.69, 9.17) is 4.74 Å². The summed E-state index contributed by atoms with van der Waals surface area (Å²) in [5, 5.41) is 16.2. The van der Waals surface area contributed by atoms with Crippen LogP contribution >= 0.6 is 0 Å². The number of piperazine rings is 1. The molecule has 1 aromatic rings. The van der Waals surface area contributed by atoms with Gasteiger partial charge in [-0.1, -0.05) is 6.07 Å². The van der Waals surface area contributed by atoms with Gasteiger partial charge in [0, 0.05) is 25.7 Å². The Hall–Kier alpha value is -1.26. The van der Waals surface area contributed by atoms with E-state index < -0.39 is 0 Å². The molecule has 2 rings (SSSR count). The van der Waals surface area contributed by atoms with Gasteiger partial charge in [-0.05, 0) is 17.7 Å². The van der Waals surface area contributed by atoms with Crippen molar-refractivity contribution in [1.82, 2.24) is 10.6 Å². The maximum Gasteiger partial charge on any atom is 0.160 e. The number of hydrogen-bond acceptors (Lipinski definition) is 4. The van der Waals surface area contributed by atoms with Gasteiger partial charge in [0.05, 0.1) is 7.11 Å². The van der Waals surface area contributed by atoms with Crippen LogP contribution in [0.5, 0.6) is 11.5 Å². The van der Waals surface area contributed by atoms with Gasteiger partial charge in [0.25, 0.3) is 0 Å². The molecule has 3 N–H and O–H groups in total. The zero-order valence-corrected chi connectivity index (χ0v) is 8.79. The zero-order chi connectivity index (χ0) is 10.7. The maximum absolute atomic E-state index is 9.47. The molecule has 4 heteroatoms. The summed E-state index contributed by atoms with van der Waals surface area (Å²) in [4.78, 5) is 0. The summed E-state index contributed by atoms with van der Waals surface area (Å²) in [6.07, 6.45) is 0. The van der Waals surface area contributed by atoms with Crippen molar-refractivity contribution in [3.63, 3.8) is 0 Å². The zero-order valence-electron chi connectivity index (χ0n) is 8.79. The van der Waals surface area contributed by atoms with Crippen molar-refractivity contribution >= 4 is 0 Å². The van der Waals surface area contributed by atoms with Crippen LogP contribution in [0.15, 0.2) is 18.2 Å². The van der Waals surface area contributed by atoms with Crippen LogP contribution in [0.3, 0.4) is 0 Å². The Morgan fingerprint density at radius 2 is 2.27 bits per heavy atom. The van der Waals surface area contributed by atoms with E-state index in [0.717, 1.165) is 25.2 Å². The van der Waals surface area contributed by atoms with E-state index in [0.29, 0.717) is 11.8 Å². The fourth-order valence-electron chi connectivity index (χ4n) is 1.80. The molecule has 0 aliphatic carbocycles. The molecule has 0 saturated carbocycles. The first-order valence-corrected chi connectivity index (χ1v) is 5.12.